The Balaban J connectivity index is 0.00000396. The summed E-state index contributed by atoms with van der Waals surface area (Å²) in [4.78, 5) is 2.54. The van der Waals surface area contributed by atoms with Crippen molar-refractivity contribution < 1.29 is 0 Å². The minimum atomic E-state index is -0.127. The highest BCUT2D eigenvalue weighted by atomic mass is 15.1. The number of benzene rings is 8. The van der Waals surface area contributed by atoms with E-state index in [0.717, 1.165) is 11.4 Å². The van der Waals surface area contributed by atoms with Gasteiger partial charge in [-0.15, -0.1) is 0 Å². The van der Waals surface area contributed by atoms with Crippen molar-refractivity contribution in [2.75, 3.05) is 4.90 Å². The molecule has 0 atom stereocenters. The highest BCUT2D eigenvalue weighted by Gasteiger charge is 2.39. The molecule has 1 aromatic heterocycles. The Bertz CT molecular complexity index is 3030. The first kappa shape index (κ1) is 34.8. The minimum absolute atomic E-state index is 0. The lowest BCUT2D eigenvalue weighted by Gasteiger charge is -2.32. The van der Waals surface area contributed by atoms with Gasteiger partial charge in [0.15, 0.2) is 0 Å². The average Bonchev–Trinajstić information content (AvgIpc) is 3.78. The quantitative estimate of drug-likeness (QED) is 0.171. The standard InChI is InChI=1S/C54H42N2.CH4/c1-53(2)45-24-13-9-22-42(45)52-46(53)25-16-28-51(52)56(37-30-31-40-39-20-8-12-23-44(39)54(3,4)47(40)34-37)48-26-14-10-19-38(48)35-29-32-50-43(33-35)41-21-11-15-27-49(41)55(50)36-17-6-5-7-18-36;/h5-34H,1-4H3;1H4. The fraction of sp³-hybridized carbons (Fsp3) is 0.127. The number of hydrogen-bond donors (Lipinski definition) is 0. The summed E-state index contributed by atoms with van der Waals surface area (Å²) in [5.41, 5.74) is 20.0. The molecule has 0 aliphatic heterocycles. The van der Waals surface area contributed by atoms with E-state index >= 15 is 0 Å². The molecule has 0 radical (unpaired) electrons. The summed E-state index contributed by atoms with van der Waals surface area (Å²) in [6.07, 6.45) is 0. The van der Waals surface area contributed by atoms with Gasteiger partial charge in [0, 0.05) is 44.1 Å². The predicted molar refractivity (Wildman–Crippen MR) is 243 cm³/mol. The molecule has 0 spiro atoms. The number of anilines is 3. The van der Waals surface area contributed by atoms with E-state index in [2.05, 4.69) is 219 Å². The molecule has 11 rings (SSSR count). The Kier molecular flexibility index (Phi) is 7.76. The van der Waals surface area contributed by atoms with Gasteiger partial charge < -0.3 is 9.47 Å². The van der Waals surface area contributed by atoms with Gasteiger partial charge in [-0.3, -0.25) is 0 Å². The number of rotatable bonds is 5. The molecule has 2 nitrogen and oxygen atoms in total. The van der Waals surface area contributed by atoms with Gasteiger partial charge in [-0.1, -0.05) is 163 Å². The van der Waals surface area contributed by atoms with E-state index in [9.17, 15) is 0 Å². The van der Waals surface area contributed by atoms with Crippen molar-refractivity contribution in [2.45, 2.75) is 46.0 Å². The summed E-state index contributed by atoms with van der Waals surface area (Å²) >= 11 is 0. The van der Waals surface area contributed by atoms with Crippen LogP contribution in [-0.4, -0.2) is 4.57 Å². The molecule has 0 fully saturated rings. The lowest BCUT2D eigenvalue weighted by molar-refractivity contribution is 0.660. The Morgan fingerprint density at radius 3 is 1.79 bits per heavy atom. The average molecular weight is 735 g/mol. The van der Waals surface area contributed by atoms with Crippen molar-refractivity contribution in [3.63, 3.8) is 0 Å². The topological polar surface area (TPSA) is 8.17 Å². The zero-order valence-corrected chi connectivity index (χ0v) is 32.2. The summed E-state index contributed by atoms with van der Waals surface area (Å²) in [6, 6.07) is 67.6. The number of para-hydroxylation sites is 3. The second-order valence-electron chi connectivity index (χ2n) is 16.5. The van der Waals surface area contributed by atoms with Crippen LogP contribution in [0.4, 0.5) is 17.1 Å². The van der Waals surface area contributed by atoms with Crippen molar-refractivity contribution in [1.29, 1.82) is 0 Å². The SMILES string of the molecule is C.CC1(C)c2ccccc2-c2ccc(N(c3ccccc3-c3ccc4c(c3)c3ccccc3n4-c3ccccc3)c3cccc4c3-c3ccccc3C4(C)C)cc21. The molecule has 57 heavy (non-hydrogen) atoms. The van der Waals surface area contributed by atoms with Crippen LogP contribution in [-0.2, 0) is 10.8 Å². The third-order valence-electron chi connectivity index (χ3n) is 12.8. The summed E-state index contributed by atoms with van der Waals surface area (Å²) in [5, 5.41) is 2.50. The Hall–Kier alpha value is -6.64. The molecule has 0 amide bonds. The fourth-order valence-corrected chi connectivity index (χ4v) is 10.1. The third-order valence-corrected chi connectivity index (χ3v) is 12.8. The van der Waals surface area contributed by atoms with Crippen LogP contribution >= 0.6 is 0 Å². The maximum Gasteiger partial charge on any atom is 0.0543 e. The van der Waals surface area contributed by atoms with Crippen molar-refractivity contribution >= 4 is 38.9 Å². The van der Waals surface area contributed by atoms with E-state index < -0.39 is 0 Å². The van der Waals surface area contributed by atoms with Crippen LogP contribution in [0.3, 0.4) is 0 Å². The van der Waals surface area contributed by atoms with E-state index in [0.29, 0.717) is 0 Å². The molecular formula is C55H46N2. The van der Waals surface area contributed by atoms with Crippen LogP contribution in [0, 0.1) is 0 Å². The van der Waals surface area contributed by atoms with Gasteiger partial charge in [-0.05, 0) is 99.1 Å². The van der Waals surface area contributed by atoms with Crippen molar-refractivity contribution in [1.82, 2.24) is 4.57 Å². The van der Waals surface area contributed by atoms with Crippen molar-refractivity contribution in [2.24, 2.45) is 0 Å². The molecule has 0 saturated heterocycles. The molecule has 276 valence electrons. The monoisotopic (exact) mass is 734 g/mol. The molecule has 8 aromatic carbocycles. The number of aromatic nitrogens is 1. The highest BCUT2D eigenvalue weighted by molar-refractivity contribution is 6.11. The number of nitrogens with zero attached hydrogens (tertiary/aromatic N) is 2. The van der Waals surface area contributed by atoms with Crippen LogP contribution in [0.2, 0.25) is 0 Å². The maximum atomic E-state index is 2.54. The molecule has 0 bridgehead atoms. The van der Waals surface area contributed by atoms with Gasteiger partial charge in [-0.2, -0.15) is 0 Å². The Labute approximate surface area is 336 Å². The zero-order valence-electron chi connectivity index (χ0n) is 32.2. The summed E-state index contributed by atoms with van der Waals surface area (Å²) in [7, 11) is 0. The van der Waals surface area contributed by atoms with Crippen LogP contribution in [0.1, 0.15) is 57.4 Å². The lowest BCUT2D eigenvalue weighted by atomic mass is 9.82. The minimum Gasteiger partial charge on any atom is -0.309 e. The van der Waals surface area contributed by atoms with E-state index in [1.54, 1.807) is 0 Å². The summed E-state index contributed by atoms with van der Waals surface area (Å²) < 4.78 is 2.39. The summed E-state index contributed by atoms with van der Waals surface area (Å²) in [5.74, 6) is 0. The molecule has 2 aliphatic carbocycles. The van der Waals surface area contributed by atoms with E-state index in [4.69, 9.17) is 0 Å². The van der Waals surface area contributed by atoms with Crippen LogP contribution in [0.15, 0.2) is 182 Å². The Morgan fingerprint density at radius 2 is 0.982 bits per heavy atom. The Morgan fingerprint density at radius 1 is 0.404 bits per heavy atom. The molecule has 2 heteroatoms. The molecule has 0 unspecified atom stereocenters. The first-order chi connectivity index (χ1) is 27.3. The van der Waals surface area contributed by atoms with E-state index in [1.165, 1.54) is 88.8 Å². The van der Waals surface area contributed by atoms with Gasteiger partial charge >= 0.3 is 0 Å². The van der Waals surface area contributed by atoms with E-state index in [1.807, 2.05) is 0 Å². The zero-order chi connectivity index (χ0) is 37.8. The normalized spacial score (nSPS) is 14.1. The lowest BCUT2D eigenvalue weighted by Crippen LogP contribution is -2.18. The smallest absolute Gasteiger partial charge is 0.0543 e. The number of fused-ring (bicyclic) bond motifs is 9. The van der Waals surface area contributed by atoms with Crippen LogP contribution in [0.25, 0.3) is 60.9 Å². The molecule has 0 saturated carbocycles. The molecule has 9 aromatic rings. The van der Waals surface area contributed by atoms with E-state index in [-0.39, 0.29) is 18.3 Å². The fourth-order valence-electron chi connectivity index (χ4n) is 10.1. The van der Waals surface area contributed by atoms with Gasteiger partial charge in [-0.25, -0.2) is 0 Å². The van der Waals surface area contributed by atoms with Crippen LogP contribution in [0.5, 0.6) is 0 Å². The van der Waals surface area contributed by atoms with Gasteiger partial charge in [0.2, 0.25) is 0 Å². The van der Waals surface area contributed by atoms with Gasteiger partial charge in [0.25, 0.3) is 0 Å². The molecular weight excluding hydrogens is 689 g/mol. The molecule has 1 heterocycles. The van der Waals surface area contributed by atoms with Crippen molar-refractivity contribution in [3.8, 4) is 39.1 Å². The number of hydrogen-bond acceptors (Lipinski definition) is 1. The maximum absolute atomic E-state index is 2.54. The van der Waals surface area contributed by atoms with Crippen LogP contribution < -0.4 is 4.90 Å². The molecule has 0 N–H and O–H groups in total. The predicted octanol–water partition coefficient (Wildman–Crippen LogP) is 15.2. The highest BCUT2D eigenvalue weighted by Crippen LogP contribution is 2.56. The first-order valence-corrected chi connectivity index (χ1v) is 19.8. The largest absolute Gasteiger partial charge is 0.309 e. The first-order valence-electron chi connectivity index (χ1n) is 19.8. The van der Waals surface area contributed by atoms with Crippen molar-refractivity contribution in [3.05, 3.63) is 204 Å². The second kappa shape index (κ2) is 12.7. The molecule has 2 aliphatic rings. The second-order valence-corrected chi connectivity index (χ2v) is 16.5. The van der Waals surface area contributed by atoms with Gasteiger partial charge in [0.1, 0.15) is 0 Å². The van der Waals surface area contributed by atoms with Gasteiger partial charge in [0.05, 0.1) is 22.4 Å². The summed E-state index contributed by atoms with van der Waals surface area (Å²) in [6.45, 7) is 9.49. The third kappa shape index (κ3) is 4.96.